The average molecular weight is 349 g/mol. The molecule has 0 spiro atoms. The number of benzene rings is 2. The molecular weight excluding hydrogens is 332 g/mol. The second-order valence-corrected chi connectivity index (χ2v) is 5.49. The fourth-order valence-corrected chi connectivity index (χ4v) is 2.08. The van der Waals surface area contributed by atoms with E-state index in [0.717, 1.165) is 5.56 Å². The first-order valence-electron chi connectivity index (χ1n) is 7.91. The van der Waals surface area contributed by atoms with Gasteiger partial charge in [0.15, 0.2) is 0 Å². The summed E-state index contributed by atoms with van der Waals surface area (Å²) in [5.74, 6) is -1.43. The molecule has 0 bridgehead atoms. The number of carboxylic acids is 1. The zero-order valence-electron chi connectivity index (χ0n) is 14.1. The SMILES string of the molecule is C[C@@H](Oc1ccc(/C=C(/C#N)C(=O)NCc2ccccc2)cc1)C(=O)[O-]. The van der Waals surface area contributed by atoms with Crippen LogP contribution in [0.25, 0.3) is 6.08 Å². The fourth-order valence-electron chi connectivity index (χ4n) is 2.08. The molecule has 0 fully saturated rings. The maximum absolute atomic E-state index is 12.1. The van der Waals surface area contributed by atoms with E-state index < -0.39 is 18.0 Å². The first kappa shape index (κ1) is 18.7. The van der Waals surface area contributed by atoms with Crippen LogP contribution >= 0.6 is 0 Å². The van der Waals surface area contributed by atoms with E-state index in [0.29, 0.717) is 17.9 Å². The second kappa shape index (κ2) is 9.04. The van der Waals surface area contributed by atoms with Crippen molar-refractivity contribution in [1.82, 2.24) is 5.32 Å². The quantitative estimate of drug-likeness (QED) is 0.602. The third-order valence-corrected chi connectivity index (χ3v) is 3.50. The molecule has 2 aromatic carbocycles. The molecule has 0 unspecified atom stereocenters. The predicted molar refractivity (Wildman–Crippen MR) is 93.4 cm³/mol. The standard InChI is InChI=1S/C20H18N2O4/c1-14(20(24)25)26-18-9-7-15(8-10-18)11-17(12-21)19(23)22-13-16-5-3-2-4-6-16/h2-11,14H,13H2,1H3,(H,22,23)(H,24,25)/p-1/b17-11-/t14-/m1/s1. The van der Waals surface area contributed by atoms with E-state index in [2.05, 4.69) is 5.32 Å². The summed E-state index contributed by atoms with van der Waals surface area (Å²) >= 11 is 0. The molecule has 0 aliphatic carbocycles. The summed E-state index contributed by atoms with van der Waals surface area (Å²) in [5, 5.41) is 22.6. The molecule has 1 N–H and O–H groups in total. The number of hydrogen-bond acceptors (Lipinski definition) is 5. The predicted octanol–water partition coefficient (Wildman–Crippen LogP) is 1.43. The molecule has 0 saturated carbocycles. The van der Waals surface area contributed by atoms with Gasteiger partial charge in [0.2, 0.25) is 0 Å². The first-order valence-corrected chi connectivity index (χ1v) is 7.91. The summed E-state index contributed by atoms with van der Waals surface area (Å²) in [5.41, 5.74) is 1.52. The van der Waals surface area contributed by atoms with Gasteiger partial charge in [-0.15, -0.1) is 0 Å². The van der Waals surface area contributed by atoms with E-state index in [1.807, 2.05) is 36.4 Å². The highest BCUT2D eigenvalue weighted by molar-refractivity contribution is 6.01. The van der Waals surface area contributed by atoms with Gasteiger partial charge in [0.1, 0.15) is 23.5 Å². The molecular formula is C20H17N2O4-. The maximum atomic E-state index is 12.1. The Morgan fingerprint density at radius 1 is 1.19 bits per heavy atom. The highest BCUT2D eigenvalue weighted by Crippen LogP contribution is 2.16. The van der Waals surface area contributed by atoms with Gasteiger partial charge >= 0.3 is 0 Å². The number of ether oxygens (including phenoxy) is 1. The fraction of sp³-hybridized carbons (Fsp3) is 0.150. The minimum Gasteiger partial charge on any atom is -0.546 e. The second-order valence-electron chi connectivity index (χ2n) is 5.49. The number of carbonyl (C=O) groups is 2. The number of carboxylic acid groups (broad SMARTS) is 1. The number of amides is 1. The van der Waals surface area contributed by atoms with Gasteiger partial charge in [-0.25, -0.2) is 0 Å². The third kappa shape index (κ3) is 5.49. The smallest absolute Gasteiger partial charge is 0.262 e. The summed E-state index contributed by atoms with van der Waals surface area (Å²) in [6, 6.07) is 17.6. The van der Waals surface area contributed by atoms with Crippen molar-refractivity contribution in [2.75, 3.05) is 0 Å². The van der Waals surface area contributed by atoms with Gasteiger partial charge in [0.05, 0.1) is 5.97 Å². The lowest BCUT2D eigenvalue weighted by Crippen LogP contribution is -2.37. The maximum Gasteiger partial charge on any atom is 0.262 e. The molecule has 6 nitrogen and oxygen atoms in total. The van der Waals surface area contributed by atoms with Crippen molar-refractivity contribution in [2.45, 2.75) is 19.6 Å². The minimum atomic E-state index is -1.31. The van der Waals surface area contributed by atoms with Crippen LogP contribution in [0.1, 0.15) is 18.1 Å². The Morgan fingerprint density at radius 3 is 2.42 bits per heavy atom. The Morgan fingerprint density at radius 2 is 1.85 bits per heavy atom. The largest absolute Gasteiger partial charge is 0.546 e. The molecule has 6 heteroatoms. The van der Waals surface area contributed by atoms with Crippen LogP contribution < -0.4 is 15.2 Å². The number of rotatable bonds is 7. The van der Waals surface area contributed by atoms with E-state index in [-0.39, 0.29) is 5.57 Å². The highest BCUT2D eigenvalue weighted by Gasteiger charge is 2.09. The van der Waals surface area contributed by atoms with Crippen molar-refractivity contribution < 1.29 is 19.4 Å². The normalized spacial score (nSPS) is 11.9. The molecule has 1 amide bonds. The zero-order valence-corrected chi connectivity index (χ0v) is 14.1. The summed E-state index contributed by atoms with van der Waals surface area (Å²) in [7, 11) is 0. The van der Waals surface area contributed by atoms with Gasteiger partial charge in [0, 0.05) is 6.54 Å². The van der Waals surface area contributed by atoms with Crippen LogP contribution in [0.5, 0.6) is 5.75 Å². The van der Waals surface area contributed by atoms with Crippen LogP contribution in [-0.2, 0) is 16.1 Å². The molecule has 2 aromatic rings. The van der Waals surface area contributed by atoms with Gasteiger partial charge in [-0.3, -0.25) is 4.79 Å². The van der Waals surface area contributed by atoms with E-state index >= 15 is 0 Å². The number of aliphatic carboxylic acids is 1. The molecule has 1 atom stereocenters. The molecule has 2 rings (SSSR count). The molecule has 0 radical (unpaired) electrons. The van der Waals surface area contributed by atoms with Gasteiger partial charge in [-0.05, 0) is 36.3 Å². The molecule has 0 aromatic heterocycles. The van der Waals surface area contributed by atoms with Crippen LogP contribution in [0.2, 0.25) is 0 Å². The highest BCUT2D eigenvalue weighted by atomic mass is 16.5. The van der Waals surface area contributed by atoms with E-state index in [4.69, 9.17) is 4.74 Å². The van der Waals surface area contributed by atoms with Crippen LogP contribution in [-0.4, -0.2) is 18.0 Å². The average Bonchev–Trinajstić information content (AvgIpc) is 2.66. The topological polar surface area (TPSA) is 102 Å². The summed E-state index contributed by atoms with van der Waals surface area (Å²) in [4.78, 5) is 22.8. The number of nitriles is 1. The Kier molecular flexibility index (Phi) is 6.52. The van der Waals surface area contributed by atoms with Crippen LogP contribution in [0, 0.1) is 11.3 Å². The Bertz CT molecular complexity index is 836. The summed E-state index contributed by atoms with van der Waals surface area (Å²) in [6.07, 6.45) is 0.376. The summed E-state index contributed by atoms with van der Waals surface area (Å²) < 4.78 is 5.17. The van der Waals surface area contributed by atoms with E-state index in [1.165, 1.54) is 13.0 Å². The lowest BCUT2D eigenvalue weighted by Gasteiger charge is -2.15. The number of carbonyl (C=O) groups excluding carboxylic acids is 2. The van der Waals surface area contributed by atoms with Crippen molar-refractivity contribution >= 4 is 18.0 Å². The Hall–Kier alpha value is -3.59. The van der Waals surface area contributed by atoms with Crippen molar-refractivity contribution in [1.29, 1.82) is 5.26 Å². The van der Waals surface area contributed by atoms with Crippen LogP contribution in [0.3, 0.4) is 0 Å². The zero-order chi connectivity index (χ0) is 18.9. The number of hydrogen-bond donors (Lipinski definition) is 1. The monoisotopic (exact) mass is 349 g/mol. The Labute approximate surface area is 151 Å². The van der Waals surface area contributed by atoms with Gasteiger partial charge < -0.3 is 20.0 Å². The van der Waals surface area contributed by atoms with Crippen molar-refractivity contribution in [3.63, 3.8) is 0 Å². The lowest BCUT2D eigenvalue weighted by atomic mass is 10.1. The van der Waals surface area contributed by atoms with Gasteiger partial charge in [-0.1, -0.05) is 42.5 Å². The minimum absolute atomic E-state index is 0.0299. The van der Waals surface area contributed by atoms with Crippen molar-refractivity contribution in [3.05, 3.63) is 71.3 Å². The number of nitrogens with one attached hydrogen (secondary N) is 1. The first-order chi connectivity index (χ1) is 12.5. The molecule has 132 valence electrons. The van der Waals surface area contributed by atoms with Gasteiger partial charge in [0.25, 0.3) is 5.91 Å². The molecule has 0 aliphatic heterocycles. The van der Waals surface area contributed by atoms with Crippen molar-refractivity contribution in [3.8, 4) is 11.8 Å². The Balaban J connectivity index is 2.02. The lowest BCUT2D eigenvalue weighted by molar-refractivity contribution is -0.312. The van der Waals surface area contributed by atoms with Crippen molar-refractivity contribution in [2.24, 2.45) is 0 Å². The van der Waals surface area contributed by atoms with E-state index in [1.54, 1.807) is 24.3 Å². The molecule has 26 heavy (non-hydrogen) atoms. The van der Waals surface area contributed by atoms with Crippen LogP contribution in [0.15, 0.2) is 60.2 Å². The van der Waals surface area contributed by atoms with E-state index in [9.17, 15) is 20.0 Å². The molecule has 0 saturated heterocycles. The summed E-state index contributed by atoms with van der Waals surface area (Å²) in [6.45, 7) is 1.70. The van der Waals surface area contributed by atoms with Gasteiger partial charge in [-0.2, -0.15) is 5.26 Å². The van der Waals surface area contributed by atoms with Crippen LogP contribution in [0.4, 0.5) is 0 Å². The molecule has 0 aliphatic rings. The third-order valence-electron chi connectivity index (χ3n) is 3.50. The molecule has 0 heterocycles. The number of nitrogens with zero attached hydrogens (tertiary/aromatic N) is 1.